The van der Waals surface area contributed by atoms with Crippen LogP contribution >= 0.6 is 15.9 Å². The molecule has 0 atom stereocenters. The van der Waals surface area contributed by atoms with E-state index in [0.717, 1.165) is 11.2 Å². The average Bonchev–Trinajstić information content (AvgIpc) is 3.15. The van der Waals surface area contributed by atoms with Crippen molar-refractivity contribution in [2.45, 2.75) is 18.7 Å². The Kier molecular flexibility index (Phi) is 5.53. The van der Waals surface area contributed by atoms with Crippen molar-refractivity contribution in [1.29, 1.82) is 0 Å². The number of sulfonamides is 1. The molecule has 154 valence electrons. The Labute approximate surface area is 183 Å². The van der Waals surface area contributed by atoms with Crippen molar-refractivity contribution in [2.24, 2.45) is 0 Å². The first kappa shape index (κ1) is 20.4. The summed E-state index contributed by atoms with van der Waals surface area (Å²) in [5, 5.41) is 0. The number of nitrogens with zero attached hydrogens (tertiary/aromatic N) is 2. The van der Waals surface area contributed by atoms with Gasteiger partial charge >= 0.3 is 0 Å². The Balaban J connectivity index is 1.78. The van der Waals surface area contributed by atoms with Crippen molar-refractivity contribution in [2.75, 3.05) is 11.3 Å². The summed E-state index contributed by atoms with van der Waals surface area (Å²) in [4.78, 5) is 4.77. The molecule has 0 aliphatic heterocycles. The number of aromatic nitrogens is 2. The molecule has 30 heavy (non-hydrogen) atoms. The lowest BCUT2D eigenvalue weighted by atomic mass is 10.1. The van der Waals surface area contributed by atoms with E-state index in [9.17, 15) is 8.42 Å². The molecule has 2 heterocycles. The standard InChI is InChI=1S/C22H20BrN3O3S/c1-3-29-20-11-10-16(23)13-21(20)30(27,28)25-18-9-5-4-8-17(18)19-14-26-12-6-7-15(2)22(26)24-19/h4-14,25H,3H2,1-2H3. The molecule has 0 spiro atoms. The van der Waals surface area contributed by atoms with E-state index >= 15 is 0 Å². The van der Waals surface area contributed by atoms with E-state index in [1.54, 1.807) is 24.3 Å². The summed E-state index contributed by atoms with van der Waals surface area (Å²) in [6.45, 7) is 4.16. The molecule has 1 N–H and O–H groups in total. The molecule has 6 nitrogen and oxygen atoms in total. The van der Waals surface area contributed by atoms with Crippen LogP contribution in [0.3, 0.4) is 0 Å². The average molecular weight is 486 g/mol. The second-order valence-electron chi connectivity index (χ2n) is 6.72. The van der Waals surface area contributed by atoms with Gasteiger partial charge in [0, 0.05) is 22.4 Å². The fourth-order valence-corrected chi connectivity index (χ4v) is 5.01. The Morgan fingerprint density at radius 2 is 1.93 bits per heavy atom. The van der Waals surface area contributed by atoms with Crippen molar-refractivity contribution in [3.05, 3.63) is 77.0 Å². The maximum atomic E-state index is 13.2. The smallest absolute Gasteiger partial charge is 0.265 e. The topological polar surface area (TPSA) is 72.7 Å². The molecule has 8 heteroatoms. The first-order chi connectivity index (χ1) is 14.4. The summed E-state index contributed by atoms with van der Waals surface area (Å²) in [6, 6.07) is 16.1. The number of fused-ring (bicyclic) bond motifs is 1. The molecular formula is C22H20BrN3O3S. The zero-order chi connectivity index (χ0) is 21.3. The lowest BCUT2D eigenvalue weighted by Crippen LogP contribution is -2.15. The van der Waals surface area contributed by atoms with Crippen LogP contribution in [0.15, 0.2) is 76.4 Å². The predicted molar refractivity (Wildman–Crippen MR) is 121 cm³/mol. The van der Waals surface area contributed by atoms with Crippen LogP contribution in [-0.2, 0) is 10.0 Å². The van der Waals surface area contributed by atoms with E-state index in [4.69, 9.17) is 9.72 Å². The lowest BCUT2D eigenvalue weighted by Gasteiger charge is -2.14. The van der Waals surface area contributed by atoms with Gasteiger partial charge in [-0.15, -0.1) is 0 Å². The van der Waals surface area contributed by atoms with Crippen LogP contribution in [0.5, 0.6) is 5.75 Å². The monoisotopic (exact) mass is 485 g/mol. The van der Waals surface area contributed by atoms with E-state index in [0.29, 0.717) is 33.8 Å². The molecule has 0 aliphatic carbocycles. The lowest BCUT2D eigenvalue weighted by molar-refractivity contribution is 0.331. The highest BCUT2D eigenvalue weighted by molar-refractivity contribution is 9.10. The second-order valence-corrected chi connectivity index (χ2v) is 9.29. The van der Waals surface area contributed by atoms with E-state index in [1.807, 2.05) is 54.9 Å². The largest absolute Gasteiger partial charge is 0.492 e. The van der Waals surface area contributed by atoms with Crippen LogP contribution in [-0.4, -0.2) is 24.4 Å². The third kappa shape index (κ3) is 3.93. The first-order valence-electron chi connectivity index (χ1n) is 9.38. The SMILES string of the molecule is CCOc1ccc(Br)cc1S(=O)(=O)Nc1ccccc1-c1cn2cccc(C)c2n1. The minimum absolute atomic E-state index is 0.0689. The Hall–Kier alpha value is -2.84. The highest BCUT2D eigenvalue weighted by Gasteiger charge is 2.22. The summed E-state index contributed by atoms with van der Waals surface area (Å²) in [5.41, 5.74) is 3.69. The molecule has 0 amide bonds. The maximum absolute atomic E-state index is 13.2. The van der Waals surface area contributed by atoms with Crippen molar-refractivity contribution in [3.8, 4) is 17.0 Å². The number of benzene rings is 2. The Morgan fingerprint density at radius 1 is 1.13 bits per heavy atom. The van der Waals surface area contributed by atoms with Crippen LogP contribution in [0.2, 0.25) is 0 Å². The number of imidazole rings is 1. The number of aryl methyl sites for hydroxylation is 1. The minimum atomic E-state index is -3.90. The van der Waals surface area contributed by atoms with Crippen molar-refractivity contribution >= 4 is 37.3 Å². The van der Waals surface area contributed by atoms with Crippen LogP contribution in [0.1, 0.15) is 12.5 Å². The predicted octanol–water partition coefficient (Wildman–Crippen LogP) is 5.27. The highest BCUT2D eigenvalue weighted by Crippen LogP contribution is 2.33. The van der Waals surface area contributed by atoms with Gasteiger partial charge in [-0.2, -0.15) is 0 Å². The minimum Gasteiger partial charge on any atom is -0.492 e. The second kappa shape index (κ2) is 8.12. The molecule has 0 saturated heterocycles. The fourth-order valence-electron chi connectivity index (χ4n) is 3.25. The summed E-state index contributed by atoms with van der Waals surface area (Å²) >= 11 is 3.34. The molecule has 4 aromatic rings. The van der Waals surface area contributed by atoms with Gasteiger partial charge in [0.05, 0.1) is 18.0 Å². The molecule has 0 saturated carbocycles. The number of anilines is 1. The van der Waals surface area contributed by atoms with Gasteiger partial charge in [-0.25, -0.2) is 13.4 Å². The van der Waals surface area contributed by atoms with E-state index in [-0.39, 0.29) is 4.90 Å². The van der Waals surface area contributed by atoms with E-state index in [1.165, 1.54) is 6.07 Å². The number of para-hydroxylation sites is 1. The van der Waals surface area contributed by atoms with Gasteiger partial charge in [-0.1, -0.05) is 40.2 Å². The summed E-state index contributed by atoms with van der Waals surface area (Å²) in [5.74, 6) is 0.300. The zero-order valence-corrected chi connectivity index (χ0v) is 18.9. The molecule has 0 radical (unpaired) electrons. The number of pyridine rings is 1. The molecule has 0 aliphatic rings. The van der Waals surface area contributed by atoms with E-state index in [2.05, 4.69) is 20.7 Å². The number of rotatable bonds is 6. The summed E-state index contributed by atoms with van der Waals surface area (Å²) in [6.07, 6.45) is 3.81. The van der Waals surface area contributed by atoms with Crippen molar-refractivity contribution < 1.29 is 13.2 Å². The number of hydrogen-bond acceptors (Lipinski definition) is 4. The normalized spacial score (nSPS) is 11.6. The Bertz CT molecular complexity index is 1330. The molecule has 2 aromatic carbocycles. The van der Waals surface area contributed by atoms with Crippen LogP contribution < -0.4 is 9.46 Å². The van der Waals surface area contributed by atoms with Gasteiger partial charge in [-0.3, -0.25) is 4.72 Å². The molecule has 2 aromatic heterocycles. The number of hydrogen-bond donors (Lipinski definition) is 1. The number of ether oxygens (including phenoxy) is 1. The summed E-state index contributed by atoms with van der Waals surface area (Å²) in [7, 11) is -3.90. The van der Waals surface area contributed by atoms with Gasteiger partial charge in [0.1, 0.15) is 16.3 Å². The third-order valence-electron chi connectivity index (χ3n) is 4.62. The maximum Gasteiger partial charge on any atom is 0.265 e. The molecule has 4 rings (SSSR count). The van der Waals surface area contributed by atoms with Gasteiger partial charge in [0.15, 0.2) is 0 Å². The van der Waals surface area contributed by atoms with Crippen molar-refractivity contribution in [3.63, 3.8) is 0 Å². The van der Waals surface area contributed by atoms with Crippen LogP contribution in [0.25, 0.3) is 16.9 Å². The van der Waals surface area contributed by atoms with Crippen molar-refractivity contribution in [1.82, 2.24) is 9.38 Å². The molecule has 0 fully saturated rings. The molecule has 0 bridgehead atoms. The fraction of sp³-hybridized carbons (Fsp3) is 0.136. The van der Waals surface area contributed by atoms with Gasteiger partial charge in [0.2, 0.25) is 0 Å². The molecular weight excluding hydrogens is 466 g/mol. The van der Waals surface area contributed by atoms with Gasteiger partial charge < -0.3 is 9.14 Å². The Morgan fingerprint density at radius 3 is 2.70 bits per heavy atom. The number of nitrogens with one attached hydrogen (secondary N) is 1. The summed E-state index contributed by atoms with van der Waals surface area (Å²) < 4.78 is 37.3. The third-order valence-corrected chi connectivity index (χ3v) is 6.50. The highest BCUT2D eigenvalue weighted by atomic mass is 79.9. The van der Waals surface area contributed by atoms with Gasteiger partial charge in [-0.05, 0) is 49.7 Å². The van der Waals surface area contributed by atoms with E-state index < -0.39 is 10.0 Å². The van der Waals surface area contributed by atoms with Crippen LogP contribution in [0, 0.1) is 6.92 Å². The quantitative estimate of drug-likeness (QED) is 0.403. The van der Waals surface area contributed by atoms with Gasteiger partial charge in [0.25, 0.3) is 10.0 Å². The first-order valence-corrected chi connectivity index (χ1v) is 11.7. The number of halogens is 1. The van der Waals surface area contributed by atoms with Crippen LogP contribution in [0.4, 0.5) is 5.69 Å². The zero-order valence-electron chi connectivity index (χ0n) is 16.5. The molecule has 0 unspecified atom stereocenters.